The van der Waals surface area contributed by atoms with Crippen LogP contribution in [0.15, 0.2) is 36.4 Å². The molecule has 2 heterocycles. The van der Waals surface area contributed by atoms with Gasteiger partial charge in [0.2, 0.25) is 5.91 Å². The Morgan fingerprint density at radius 2 is 1.79 bits per heavy atom. The highest BCUT2D eigenvalue weighted by atomic mass is 16.2. The van der Waals surface area contributed by atoms with Crippen LogP contribution < -0.4 is 0 Å². The van der Waals surface area contributed by atoms with Gasteiger partial charge in [0.05, 0.1) is 0 Å². The molecule has 2 aliphatic carbocycles. The molecule has 3 heteroatoms. The van der Waals surface area contributed by atoms with E-state index in [0.29, 0.717) is 29.6 Å². The Balaban J connectivity index is 1.19. The third-order valence-electron chi connectivity index (χ3n) is 8.20. The highest BCUT2D eigenvalue weighted by molar-refractivity contribution is 5.79. The highest BCUT2D eigenvalue weighted by Gasteiger charge is 2.42. The second kappa shape index (κ2) is 8.26. The fourth-order valence-corrected chi connectivity index (χ4v) is 6.32. The molecule has 2 aliphatic heterocycles. The number of allylic oxidation sites excluding steroid dienone is 1. The van der Waals surface area contributed by atoms with Crippen molar-refractivity contribution in [1.82, 2.24) is 9.80 Å². The maximum absolute atomic E-state index is 12.9. The SMILES string of the molecule is C[C@@H]1CCCN1CCc1ccc([C@@H]2C=C[C@@H]3CN(C(=O)C4CCCC4)C[C@@H]32)cc1. The molecule has 156 valence electrons. The van der Waals surface area contributed by atoms with Crippen molar-refractivity contribution in [1.29, 1.82) is 0 Å². The Labute approximate surface area is 176 Å². The summed E-state index contributed by atoms with van der Waals surface area (Å²) in [5.74, 6) is 2.37. The first-order chi connectivity index (χ1) is 14.2. The topological polar surface area (TPSA) is 23.6 Å². The summed E-state index contributed by atoms with van der Waals surface area (Å²) >= 11 is 0. The van der Waals surface area contributed by atoms with Crippen LogP contribution in [-0.4, -0.2) is 47.9 Å². The van der Waals surface area contributed by atoms with Crippen LogP contribution in [0, 0.1) is 17.8 Å². The van der Waals surface area contributed by atoms with E-state index >= 15 is 0 Å². The smallest absolute Gasteiger partial charge is 0.225 e. The number of fused-ring (bicyclic) bond motifs is 1. The number of nitrogens with zero attached hydrogens (tertiary/aromatic N) is 2. The van der Waals surface area contributed by atoms with Gasteiger partial charge in [-0.15, -0.1) is 0 Å². The van der Waals surface area contributed by atoms with Gasteiger partial charge in [0.25, 0.3) is 0 Å². The van der Waals surface area contributed by atoms with Gasteiger partial charge in [0.1, 0.15) is 0 Å². The quantitative estimate of drug-likeness (QED) is 0.682. The van der Waals surface area contributed by atoms with Crippen LogP contribution in [0.4, 0.5) is 0 Å². The van der Waals surface area contributed by atoms with Gasteiger partial charge in [0.15, 0.2) is 0 Å². The number of rotatable bonds is 5. The third kappa shape index (κ3) is 3.91. The molecule has 0 unspecified atom stereocenters. The van der Waals surface area contributed by atoms with Crippen LogP contribution in [0.3, 0.4) is 0 Å². The first-order valence-corrected chi connectivity index (χ1v) is 12.0. The van der Waals surface area contributed by atoms with E-state index in [1.807, 2.05) is 0 Å². The lowest BCUT2D eigenvalue weighted by Crippen LogP contribution is -2.34. The van der Waals surface area contributed by atoms with Gasteiger partial charge >= 0.3 is 0 Å². The normalized spacial score (nSPS) is 32.4. The molecule has 1 saturated carbocycles. The molecule has 0 bridgehead atoms. The summed E-state index contributed by atoms with van der Waals surface area (Å²) in [6, 6.07) is 10.1. The van der Waals surface area contributed by atoms with Crippen LogP contribution >= 0.6 is 0 Å². The molecule has 29 heavy (non-hydrogen) atoms. The number of hydrogen-bond donors (Lipinski definition) is 0. The first kappa shape index (κ1) is 19.4. The van der Waals surface area contributed by atoms with E-state index < -0.39 is 0 Å². The van der Waals surface area contributed by atoms with Gasteiger partial charge in [-0.3, -0.25) is 4.79 Å². The molecule has 1 amide bonds. The second-order valence-corrected chi connectivity index (χ2v) is 9.98. The molecule has 0 spiro atoms. The maximum atomic E-state index is 12.9. The molecule has 2 saturated heterocycles. The Hall–Kier alpha value is -1.61. The van der Waals surface area contributed by atoms with Crippen molar-refractivity contribution in [2.75, 3.05) is 26.2 Å². The third-order valence-corrected chi connectivity index (χ3v) is 8.20. The van der Waals surface area contributed by atoms with Crippen molar-refractivity contribution in [2.24, 2.45) is 17.8 Å². The molecule has 0 radical (unpaired) electrons. The number of carbonyl (C=O) groups excluding carboxylic acids is 1. The summed E-state index contributed by atoms with van der Waals surface area (Å²) in [5.41, 5.74) is 2.89. The Morgan fingerprint density at radius 1 is 1.00 bits per heavy atom. The number of carbonyl (C=O) groups is 1. The van der Waals surface area contributed by atoms with E-state index in [1.54, 1.807) is 0 Å². The average molecular weight is 393 g/mol. The predicted octanol–water partition coefficient (Wildman–Crippen LogP) is 4.63. The summed E-state index contributed by atoms with van der Waals surface area (Å²) in [6.45, 7) is 6.71. The molecule has 0 N–H and O–H groups in total. The molecule has 4 atom stereocenters. The van der Waals surface area contributed by atoms with Gasteiger partial charge in [-0.05, 0) is 68.5 Å². The predicted molar refractivity (Wildman–Crippen MR) is 118 cm³/mol. The molecule has 1 aromatic carbocycles. The standard InChI is InChI=1S/C26H36N2O/c1-19-5-4-15-27(19)16-14-20-8-10-21(11-9-20)24-13-12-23-17-28(18-25(23)24)26(29)22-6-2-3-7-22/h8-13,19,22-25H,2-7,14-18H2,1H3/t19-,23-,24+,25+/m1/s1. The average Bonchev–Trinajstić information content (AvgIpc) is 3.51. The Bertz CT molecular complexity index is 748. The van der Waals surface area contributed by atoms with Gasteiger partial charge in [-0.1, -0.05) is 49.3 Å². The van der Waals surface area contributed by atoms with Crippen molar-refractivity contribution in [3.05, 3.63) is 47.5 Å². The Kier molecular flexibility index (Phi) is 5.51. The van der Waals surface area contributed by atoms with Crippen LogP contribution in [0.2, 0.25) is 0 Å². The molecule has 3 fully saturated rings. The lowest BCUT2D eigenvalue weighted by molar-refractivity contribution is -0.134. The van der Waals surface area contributed by atoms with Crippen LogP contribution in [0.1, 0.15) is 62.5 Å². The van der Waals surface area contributed by atoms with E-state index in [-0.39, 0.29) is 0 Å². The minimum atomic E-state index is 0.314. The fourth-order valence-electron chi connectivity index (χ4n) is 6.32. The summed E-state index contributed by atoms with van der Waals surface area (Å²) in [6.07, 6.45) is 13.4. The molecule has 4 aliphatic rings. The van der Waals surface area contributed by atoms with Gasteiger partial charge in [0, 0.05) is 37.5 Å². The van der Waals surface area contributed by atoms with Gasteiger partial charge in [-0.25, -0.2) is 0 Å². The maximum Gasteiger partial charge on any atom is 0.225 e. The zero-order chi connectivity index (χ0) is 19.8. The van der Waals surface area contributed by atoms with Crippen LogP contribution in [0.5, 0.6) is 0 Å². The molecule has 1 aromatic rings. The summed E-state index contributed by atoms with van der Waals surface area (Å²) < 4.78 is 0. The zero-order valence-electron chi connectivity index (χ0n) is 17.9. The van der Waals surface area contributed by atoms with Crippen molar-refractivity contribution < 1.29 is 4.79 Å². The monoisotopic (exact) mass is 392 g/mol. The van der Waals surface area contributed by atoms with E-state index in [9.17, 15) is 4.79 Å². The summed E-state index contributed by atoms with van der Waals surface area (Å²) in [4.78, 5) is 17.7. The van der Waals surface area contributed by atoms with E-state index in [0.717, 1.165) is 38.4 Å². The van der Waals surface area contributed by atoms with Crippen molar-refractivity contribution >= 4 is 5.91 Å². The highest BCUT2D eigenvalue weighted by Crippen LogP contribution is 2.43. The summed E-state index contributed by atoms with van der Waals surface area (Å²) in [5, 5.41) is 0. The fraction of sp³-hybridized carbons (Fsp3) is 0.654. The molecule has 3 nitrogen and oxygen atoms in total. The van der Waals surface area contributed by atoms with E-state index in [4.69, 9.17) is 0 Å². The van der Waals surface area contributed by atoms with Crippen molar-refractivity contribution in [3.8, 4) is 0 Å². The lowest BCUT2D eigenvalue weighted by Gasteiger charge is -2.23. The Morgan fingerprint density at radius 3 is 2.52 bits per heavy atom. The van der Waals surface area contributed by atoms with Crippen LogP contribution in [-0.2, 0) is 11.2 Å². The van der Waals surface area contributed by atoms with Crippen molar-refractivity contribution in [2.45, 2.75) is 63.8 Å². The molecule has 0 aromatic heterocycles. The van der Waals surface area contributed by atoms with Gasteiger partial charge < -0.3 is 9.80 Å². The molecular formula is C26H36N2O. The van der Waals surface area contributed by atoms with Crippen LogP contribution in [0.25, 0.3) is 0 Å². The van der Waals surface area contributed by atoms with Crippen molar-refractivity contribution in [3.63, 3.8) is 0 Å². The second-order valence-electron chi connectivity index (χ2n) is 9.98. The van der Waals surface area contributed by atoms with Gasteiger partial charge in [-0.2, -0.15) is 0 Å². The number of likely N-dealkylation sites (tertiary alicyclic amines) is 2. The molecular weight excluding hydrogens is 356 g/mol. The summed E-state index contributed by atoms with van der Waals surface area (Å²) in [7, 11) is 0. The zero-order valence-corrected chi connectivity index (χ0v) is 17.9. The lowest BCUT2D eigenvalue weighted by atomic mass is 9.85. The number of benzene rings is 1. The minimum Gasteiger partial charge on any atom is -0.342 e. The largest absolute Gasteiger partial charge is 0.342 e. The van der Waals surface area contributed by atoms with E-state index in [1.165, 1.54) is 49.9 Å². The number of amides is 1. The number of hydrogen-bond acceptors (Lipinski definition) is 2. The minimum absolute atomic E-state index is 0.314. The first-order valence-electron chi connectivity index (χ1n) is 12.0. The molecule has 5 rings (SSSR count). The van der Waals surface area contributed by atoms with E-state index in [2.05, 4.69) is 53.1 Å².